The number of nitrogens with zero attached hydrogens (tertiary/aromatic N) is 2. The third kappa shape index (κ3) is 1.39. The molecule has 4 heteroatoms. The van der Waals surface area contributed by atoms with Gasteiger partial charge in [0.05, 0.1) is 22.1 Å². The molecule has 0 aliphatic carbocycles. The first-order valence-corrected chi connectivity index (χ1v) is 4.75. The van der Waals surface area contributed by atoms with E-state index in [-0.39, 0.29) is 11.6 Å². The summed E-state index contributed by atoms with van der Waals surface area (Å²) in [6.45, 7) is 0. The summed E-state index contributed by atoms with van der Waals surface area (Å²) in [7, 11) is 0. The Morgan fingerprint density at radius 2 is 1.06 bits per heavy atom. The monoisotopic (exact) mass is 216 g/mol. The topological polar surface area (TPSA) is 25.8 Å². The summed E-state index contributed by atoms with van der Waals surface area (Å²) in [6.07, 6.45) is 0. The third-order valence-corrected chi connectivity index (χ3v) is 2.36. The highest BCUT2D eigenvalue weighted by Gasteiger charge is 2.03. The van der Waals surface area contributed by atoms with E-state index in [2.05, 4.69) is 9.97 Å². The zero-order chi connectivity index (χ0) is 11.1. The van der Waals surface area contributed by atoms with Crippen molar-refractivity contribution >= 4 is 22.1 Å². The van der Waals surface area contributed by atoms with Crippen LogP contribution in [0.5, 0.6) is 0 Å². The smallest absolute Gasteiger partial charge is 0.125 e. The Morgan fingerprint density at radius 1 is 0.625 bits per heavy atom. The normalized spacial score (nSPS) is 11.1. The largest absolute Gasteiger partial charge is 0.244 e. The Kier molecular flexibility index (Phi) is 1.83. The zero-order valence-corrected chi connectivity index (χ0v) is 8.11. The second-order valence-corrected chi connectivity index (χ2v) is 3.49. The minimum absolute atomic E-state index is 0.358. The van der Waals surface area contributed by atoms with Crippen LogP contribution in [0.25, 0.3) is 22.1 Å². The number of fused-ring (bicyclic) bond motifs is 2. The molecular weight excluding hydrogens is 210 g/mol. The molecule has 0 amide bonds. The number of hydrogen-bond acceptors (Lipinski definition) is 2. The lowest BCUT2D eigenvalue weighted by Crippen LogP contribution is -1.89. The van der Waals surface area contributed by atoms with Gasteiger partial charge in [-0.25, -0.2) is 18.7 Å². The molecule has 2 nitrogen and oxygen atoms in total. The standard InChI is InChI=1S/C12H6F2N2/c13-7-1-3-9-11(5-7)16-10-4-2-8(14)6-12(10)15-9/h1-6H. The van der Waals surface area contributed by atoms with Gasteiger partial charge in [0, 0.05) is 12.1 Å². The van der Waals surface area contributed by atoms with Crippen LogP contribution in [0.2, 0.25) is 0 Å². The van der Waals surface area contributed by atoms with Crippen LogP contribution in [0.3, 0.4) is 0 Å². The molecule has 0 fully saturated rings. The van der Waals surface area contributed by atoms with Crippen molar-refractivity contribution in [3.8, 4) is 0 Å². The van der Waals surface area contributed by atoms with Gasteiger partial charge in [0.25, 0.3) is 0 Å². The summed E-state index contributed by atoms with van der Waals surface area (Å²) in [5.41, 5.74) is 2.05. The number of rotatable bonds is 0. The van der Waals surface area contributed by atoms with Gasteiger partial charge in [-0.3, -0.25) is 0 Å². The van der Waals surface area contributed by atoms with Crippen LogP contribution >= 0.6 is 0 Å². The molecule has 0 saturated carbocycles. The van der Waals surface area contributed by atoms with Crippen molar-refractivity contribution in [2.24, 2.45) is 0 Å². The van der Waals surface area contributed by atoms with Crippen molar-refractivity contribution < 1.29 is 8.78 Å². The number of halogens is 2. The van der Waals surface area contributed by atoms with E-state index >= 15 is 0 Å². The predicted octanol–water partition coefficient (Wildman–Crippen LogP) is 3.06. The molecule has 0 atom stereocenters. The van der Waals surface area contributed by atoms with Gasteiger partial charge in [-0.15, -0.1) is 0 Å². The van der Waals surface area contributed by atoms with Crippen LogP contribution in [0.15, 0.2) is 36.4 Å². The fourth-order valence-electron chi connectivity index (χ4n) is 1.62. The molecule has 0 unspecified atom stereocenters. The van der Waals surface area contributed by atoms with E-state index in [1.54, 1.807) is 0 Å². The second kappa shape index (κ2) is 3.20. The summed E-state index contributed by atoms with van der Waals surface area (Å²) in [5, 5.41) is 0. The van der Waals surface area contributed by atoms with Crippen LogP contribution in [0, 0.1) is 11.6 Å². The molecule has 3 rings (SSSR count). The molecule has 2 aromatic carbocycles. The summed E-state index contributed by atoms with van der Waals surface area (Å²) in [6, 6.07) is 8.30. The number of benzene rings is 2. The first-order valence-electron chi connectivity index (χ1n) is 4.75. The Labute approximate surface area is 89.6 Å². The molecule has 0 aliphatic heterocycles. The van der Waals surface area contributed by atoms with Gasteiger partial charge in [-0.1, -0.05) is 0 Å². The van der Waals surface area contributed by atoms with E-state index in [0.29, 0.717) is 22.1 Å². The summed E-state index contributed by atoms with van der Waals surface area (Å²) >= 11 is 0. The summed E-state index contributed by atoms with van der Waals surface area (Å²) in [4.78, 5) is 8.42. The molecule has 0 N–H and O–H groups in total. The Bertz CT molecular complexity index is 633. The molecule has 0 bridgehead atoms. The quantitative estimate of drug-likeness (QED) is 0.540. The van der Waals surface area contributed by atoms with Gasteiger partial charge in [0.2, 0.25) is 0 Å². The first-order chi connectivity index (χ1) is 7.72. The van der Waals surface area contributed by atoms with Gasteiger partial charge < -0.3 is 0 Å². The molecular formula is C12H6F2N2. The lowest BCUT2D eigenvalue weighted by molar-refractivity contribution is 0.628. The molecule has 1 aromatic heterocycles. The third-order valence-electron chi connectivity index (χ3n) is 2.36. The number of aromatic nitrogens is 2. The maximum absolute atomic E-state index is 13.0. The fourth-order valence-corrected chi connectivity index (χ4v) is 1.62. The maximum atomic E-state index is 13.0. The van der Waals surface area contributed by atoms with E-state index in [4.69, 9.17) is 0 Å². The van der Waals surface area contributed by atoms with Gasteiger partial charge in [-0.05, 0) is 24.3 Å². The van der Waals surface area contributed by atoms with Crippen LogP contribution in [-0.2, 0) is 0 Å². The first kappa shape index (κ1) is 9.15. The van der Waals surface area contributed by atoms with Crippen molar-refractivity contribution in [1.29, 1.82) is 0 Å². The van der Waals surface area contributed by atoms with E-state index in [9.17, 15) is 8.78 Å². The van der Waals surface area contributed by atoms with E-state index < -0.39 is 0 Å². The van der Waals surface area contributed by atoms with E-state index in [1.807, 2.05) is 0 Å². The Morgan fingerprint density at radius 3 is 1.50 bits per heavy atom. The van der Waals surface area contributed by atoms with Gasteiger partial charge in [0.1, 0.15) is 11.6 Å². The molecule has 0 spiro atoms. The van der Waals surface area contributed by atoms with Crippen LogP contribution < -0.4 is 0 Å². The van der Waals surface area contributed by atoms with E-state index in [1.165, 1.54) is 36.4 Å². The molecule has 0 aliphatic rings. The lowest BCUT2D eigenvalue weighted by atomic mass is 10.2. The van der Waals surface area contributed by atoms with Crippen LogP contribution in [0.1, 0.15) is 0 Å². The van der Waals surface area contributed by atoms with Crippen molar-refractivity contribution in [2.75, 3.05) is 0 Å². The predicted molar refractivity (Wildman–Crippen MR) is 57.0 cm³/mol. The molecule has 0 radical (unpaired) electrons. The molecule has 3 aromatic rings. The Hall–Kier alpha value is -2.10. The van der Waals surface area contributed by atoms with Crippen LogP contribution in [0.4, 0.5) is 8.78 Å². The van der Waals surface area contributed by atoms with Crippen molar-refractivity contribution in [3.05, 3.63) is 48.0 Å². The highest BCUT2D eigenvalue weighted by atomic mass is 19.1. The van der Waals surface area contributed by atoms with Gasteiger partial charge in [-0.2, -0.15) is 0 Å². The zero-order valence-electron chi connectivity index (χ0n) is 8.11. The highest BCUT2D eigenvalue weighted by Crippen LogP contribution is 2.17. The van der Waals surface area contributed by atoms with Crippen molar-refractivity contribution in [1.82, 2.24) is 9.97 Å². The fraction of sp³-hybridized carbons (Fsp3) is 0. The summed E-state index contributed by atoms with van der Waals surface area (Å²) in [5.74, 6) is -0.716. The average molecular weight is 216 g/mol. The van der Waals surface area contributed by atoms with E-state index in [0.717, 1.165) is 0 Å². The molecule has 16 heavy (non-hydrogen) atoms. The second-order valence-electron chi connectivity index (χ2n) is 3.49. The molecule has 78 valence electrons. The SMILES string of the molecule is Fc1ccc2nc3cc(F)ccc3nc2c1. The van der Waals surface area contributed by atoms with Crippen molar-refractivity contribution in [2.45, 2.75) is 0 Å². The maximum Gasteiger partial charge on any atom is 0.125 e. The number of hydrogen-bond donors (Lipinski definition) is 0. The summed E-state index contributed by atoms with van der Waals surface area (Å²) < 4.78 is 25.9. The minimum Gasteiger partial charge on any atom is -0.244 e. The highest BCUT2D eigenvalue weighted by molar-refractivity contribution is 5.85. The average Bonchev–Trinajstić information content (AvgIpc) is 2.26. The van der Waals surface area contributed by atoms with Crippen LogP contribution in [-0.4, -0.2) is 9.97 Å². The van der Waals surface area contributed by atoms with Gasteiger partial charge >= 0.3 is 0 Å². The molecule has 1 heterocycles. The van der Waals surface area contributed by atoms with Crippen molar-refractivity contribution in [3.63, 3.8) is 0 Å². The lowest BCUT2D eigenvalue weighted by Gasteiger charge is -2.00. The van der Waals surface area contributed by atoms with Gasteiger partial charge in [0.15, 0.2) is 0 Å². The Balaban J connectivity index is 2.44. The molecule has 0 saturated heterocycles. The minimum atomic E-state index is -0.358.